The van der Waals surface area contributed by atoms with E-state index in [0.717, 1.165) is 0 Å². The van der Waals surface area contributed by atoms with Crippen molar-refractivity contribution in [2.24, 2.45) is 0 Å². The van der Waals surface area contributed by atoms with E-state index in [1.54, 1.807) is 6.20 Å². The van der Waals surface area contributed by atoms with Crippen molar-refractivity contribution in [3.63, 3.8) is 0 Å². The van der Waals surface area contributed by atoms with Gasteiger partial charge in [0.25, 0.3) is 0 Å². The second-order valence-electron chi connectivity index (χ2n) is 6.55. The van der Waals surface area contributed by atoms with Crippen LogP contribution >= 0.6 is 15.8 Å². The summed E-state index contributed by atoms with van der Waals surface area (Å²) >= 11 is 0. The molecule has 0 aliphatic carbocycles. The van der Waals surface area contributed by atoms with E-state index in [9.17, 15) is 25.2 Å². The summed E-state index contributed by atoms with van der Waals surface area (Å²) in [4.78, 5) is 5.78. The molecule has 0 fully saturated rings. The molecule has 0 bridgehead atoms. The first kappa shape index (κ1) is 22.8. The fraction of sp³-hybridized carbons (Fsp3) is 0. The molecule has 0 atom stereocenters. The van der Waals surface area contributed by atoms with Crippen molar-refractivity contribution in [1.29, 1.82) is 0 Å². The molecule has 0 unspecified atom stereocenters. The van der Waals surface area contributed by atoms with E-state index in [4.69, 9.17) is 4.62 Å². The van der Waals surface area contributed by atoms with Crippen LogP contribution in [0.1, 0.15) is 0 Å². The number of halogens is 6. The number of fused-ring (bicyclic) bond motifs is 1. The Morgan fingerprint density at radius 1 is 0.697 bits per heavy atom. The maximum absolute atomic E-state index is 10.7. The average molecular weight is 509 g/mol. The van der Waals surface area contributed by atoms with E-state index in [-0.39, 0.29) is 0 Å². The minimum absolute atomic E-state index is 0.573. The quantitative estimate of drug-likeness (QED) is 0.204. The van der Waals surface area contributed by atoms with Crippen LogP contribution < -0.4 is 4.62 Å². The molecule has 0 amide bonds. The third-order valence-corrected chi connectivity index (χ3v) is 7.02. The predicted molar refractivity (Wildman–Crippen MR) is 112 cm³/mol. The summed E-state index contributed by atoms with van der Waals surface area (Å²) in [7, 11) is -13.3. The van der Waals surface area contributed by atoms with E-state index in [0.29, 0.717) is 11.2 Å². The van der Waals surface area contributed by atoms with E-state index in [2.05, 4.69) is 28.3 Å². The topological polar surface area (TPSA) is 67.6 Å². The summed E-state index contributed by atoms with van der Waals surface area (Å²) in [6.45, 7) is 0. The maximum atomic E-state index is 9.87. The Morgan fingerprint density at radius 3 is 1.55 bits per heavy atom. The number of aromatic nitrogens is 7. The van der Waals surface area contributed by atoms with Crippen molar-refractivity contribution >= 4 is 26.9 Å². The van der Waals surface area contributed by atoms with Crippen LogP contribution in [0.15, 0.2) is 91.9 Å². The molecule has 16 heteroatoms. The summed E-state index contributed by atoms with van der Waals surface area (Å²) in [5, 5.41) is 8.34. The van der Waals surface area contributed by atoms with Gasteiger partial charge in [0.1, 0.15) is 5.52 Å². The first-order valence-electron chi connectivity index (χ1n) is 9.06. The largest absolute Gasteiger partial charge is 0.532 e. The normalized spacial score (nSPS) is 14.2. The minimum atomic E-state index is -10.7. The summed E-state index contributed by atoms with van der Waals surface area (Å²) < 4.78 is 71.9. The second-order valence-corrected chi connectivity index (χ2v) is 11.0. The standard InChI is InChI=1S/C17H15N7OP.F6P/c1-2-11-21(10-1)26(22-12-3-4-13-22,23-14-5-6-15-23)25-24-17-16(19-20-24)8-7-9-18-17;1-7(2,3,4,5)6/h1-15H;/q+1;-1. The summed E-state index contributed by atoms with van der Waals surface area (Å²) in [5.74, 6) is 0. The van der Waals surface area contributed by atoms with Crippen LogP contribution in [0.25, 0.3) is 11.2 Å². The van der Waals surface area contributed by atoms with Gasteiger partial charge in [-0.15, -0.1) is 5.10 Å². The molecule has 33 heavy (non-hydrogen) atoms. The molecule has 0 N–H and O–H groups in total. The summed E-state index contributed by atoms with van der Waals surface area (Å²) in [6, 6.07) is 15.5. The number of hydrogen-bond donors (Lipinski definition) is 0. The fourth-order valence-electron chi connectivity index (χ4n) is 2.89. The monoisotopic (exact) mass is 509 g/mol. The van der Waals surface area contributed by atoms with Crippen molar-refractivity contribution in [1.82, 2.24) is 33.2 Å². The van der Waals surface area contributed by atoms with Gasteiger partial charge < -0.3 is 0 Å². The van der Waals surface area contributed by atoms with Crippen LogP contribution in [0.2, 0.25) is 0 Å². The fourth-order valence-corrected chi connectivity index (χ4v) is 5.68. The van der Waals surface area contributed by atoms with Crippen LogP contribution in [-0.2, 0) is 0 Å². The van der Waals surface area contributed by atoms with Crippen molar-refractivity contribution < 1.29 is 29.8 Å². The van der Waals surface area contributed by atoms with Gasteiger partial charge in [-0.3, -0.25) is 0 Å². The zero-order valence-electron chi connectivity index (χ0n) is 16.4. The van der Waals surface area contributed by atoms with Crippen LogP contribution in [0.5, 0.6) is 0 Å². The molecule has 0 saturated heterocycles. The molecule has 5 aromatic rings. The van der Waals surface area contributed by atoms with Gasteiger partial charge in [-0.05, 0) is 58.6 Å². The van der Waals surface area contributed by atoms with Gasteiger partial charge in [0.05, 0.1) is 0 Å². The van der Waals surface area contributed by atoms with Crippen molar-refractivity contribution in [3.8, 4) is 0 Å². The zero-order chi connectivity index (χ0) is 23.8. The van der Waals surface area contributed by atoms with Gasteiger partial charge in [-0.25, -0.2) is 4.98 Å². The second kappa shape index (κ2) is 7.32. The Hall–Kier alpha value is -3.37. The van der Waals surface area contributed by atoms with Crippen LogP contribution in [0.4, 0.5) is 25.2 Å². The summed E-state index contributed by atoms with van der Waals surface area (Å²) in [5.41, 5.74) is 1.25. The molecule has 0 radical (unpaired) electrons. The van der Waals surface area contributed by atoms with Gasteiger partial charge in [-0.1, -0.05) is 0 Å². The molecule has 5 aromatic heterocycles. The molecule has 0 aliphatic heterocycles. The van der Waals surface area contributed by atoms with E-state index < -0.39 is 15.8 Å². The molecule has 5 rings (SSSR count). The van der Waals surface area contributed by atoms with Crippen LogP contribution in [0.3, 0.4) is 0 Å². The molecule has 0 spiro atoms. The maximum Gasteiger partial charge on any atom is 0.532 e. The Kier molecular flexibility index (Phi) is 5.06. The van der Waals surface area contributed by atoms with E-state index in [1.165, 1.54) is 4.85 Å². The minimum Gasteiger partial charge on any atom is -0.232 e. The SMILES string of the molecule is F[P-](F)(F)(F)(F)F.c1cnc2c(c1)nnn2O[P+](n1cccc1)(n1cccc1)n1cccc1. The van der Waals surface area contributed by atoms with Gasteiger partial charge >= 0.3 is 40.9 Å². The number of pyridine rings is 1. The Morgan fingerprint density at radius 2 is 1.12 bits per heavy atom. The average Bonchev–Trinajstić information content (AvgIpc) is 3.53. The van der Waals surface area contributed by atoms with Crippen molar-refractivity contribution in [2.45, 2.75) is 0 Å². The van der Waals surface area contributed by atoms with Gasteiger partial charge in [0.2, 0.25) is 5.65 Å². The third-order valence-electron chi connectivity index (χ3n) is 4.04. The molecule has 5 heterocycles. The Balaban J connectivity index is 0.000000325. The van der Waals surface area contributed by atoms with Gasteiger partial charge in [0.15, 0.2) is 0 Å². The smallest absolute Gasteiger partial charge is 0.232 e. The zero-order valence-corrected chi connectivity index (χ0v) is 18.2. The molecule has 176 valence electrons. The third kappa shape index (κ3) is 5.52. The van der Waals surface area contributed by atoms with Crippen molar-refractivity contribution in [2.75, 3.05) is 0 Å². The molecule has 0 saturated carbocycles. The first-order valence-corrected chi connectivity index (χ1v) is 12.7. The summed E-state index contributed by atoms with van der Waals surface area (Å²) in [6.07, 6.45) is 13.6. The predicted octanol–water partition coefficient (Wildman–Crippen LogP) is 6.36. The molecular formula is C17H15F6N7OP2. The van der Waals surface area contributed by atoms with Gasteiger partial charge in [-0.2, -0.15) is 17.6 Å². The number of hydrogen-bond acceptors (Lipinski definition) is 4. The van der Waals surface area contributed by atoms with E-state index in [1.807, 2.05) is 85.7 Å². The van der Waals surface area contributed by atoms with E-state index >= 15 is 0 Å². The number of rotatable bonds is 5. The number of nitrogens with zero attached hydrogens (tertiary/aromatic N) is 7. The van der Waals surface area contributed by atoms with Crippen LogP contribution in [-0.4, -0.2) is 33.2 Å². The Bertz CT molecular complexity index is 1240. The molecule has 0 aliphatic rings. The van der Waals surface area contributed by atoms with Crippen LogP contribution in [0, 0.1) is 0 Å². The van der Waals surface area contributed by atoms with Crippen molar-refractivity contribution in [3.05, 3.63) is 91.9 Å². The molecular weight excluding hydrogens is 494 g/mol. The molecule has 0 aromatic carbocycles. The first-order chi connectivity index (χ1) is 15.3. The molecule has 8 nitrogen and oxygen atoms in total. The van der Waals surface area contributed by atoms with Gasteiger partial charge in [0, 0.05) is 43.4 Å². The Labute approximate surface area is 182 Å².